The Kier molecular flexibility index (Phi) is 6.30. The van der Waals surface area contributed by atoms with E-state index in [2.05, 4.69) is 42.0 Å². The van der Waals surface area contributed by atoms with Crippen LogP contribution in [0.2, 0.25) is 0 Å². The fourth-order valence-electron chi connectivity index (χ4n) is 2.43. The second kappa shape index (κ2) is 8.06. The first-order chi connectivity index (χ1) is 11.7. The minimum Gasteiger partial charge on any atom is -0.463 e. The van der Waals surface area contributed by atoms with Crippen molar-refractivity contribution in [1.29, 1.82) is 0 Å². The van der Waals surface area contributed by atoms with Crippen molar-refractivity contribution in [2.24, 2.45) is 4.99 Å². The van der Waals surface area contributed by atoms with Crippen LogP contribution in [-0.4, -0.2) is 30.7 Å². The lowest BCUT2D eigenvalue weighted by Gasteiger charge is -2.24. The molecule has 0 saturated carbocycles. The zero-order chi connectivity index (χ0) is 18.5. The quantitative estimate of drug-likeness (QED) is 0.521. The largest absolute Gasteiger partial charge is 0.463 e. The summed E-state index contributed by atoms with van der Waals surface area (Å²) in [4.78, 5) is 6.01. The number of hydrogen-bond donors (Lipinski definition) is 3. The number of aliphatic hydroxyl groups is 1. The van der Waals surface area contributed by atoms with E-state index in [0.29, 0.717) is 24.8 Å². The second-order valence-electron chi connectivity index (χ2n) is 7.09. The molecule has 0 fully saturated rings. The molecule has 2 rings (SSSR count). The summed E-state index contributed by atoms with van der Waals surface area (Å²) in [5, 5.41) is 19.2. The van der Waals surface area contributed by atoms with Crippen LogP contribution < -0.4 is 10.6 Å². The average molecular weight is 364 g/mol. The lowest BCUT2D eigenvalue weighted by molar-refractivity contribution is 0.0378. The standard InChI is InChI=1S/C19H29N3O2S/c1-6-20-17(21-12-18(3,4)16-8-7-11-25-16)22-13-19(5,23)15-10-9-14(2)24-15/h7-11,23H,6,12-13H2,1-5H3,(H2,20,21,22). The van der Waals surface area contributed by atoms with E-state index < -0.39 is 5.60 Å². The minimum atomic E-state index is -1.10. The average Bonchev–Trinajstić information content (AvgIpc) is 3.22. The molecule has 25 heavy (non-hydrogen) atoms. The molecule has 2 aromatic heterocycles. The SMILES string of the molecule is CCNC(=NCC(C)(C)c1cccs1)NCC(C)(O)c1ccc(C)o1. The number of nitrogens with one attached hydrogen (secondary N) is 2. The van der Waals surface area contributed by atoms with E-state index in [4.69, 9.17) is 9.41 Å². The summed E-state index contributed by atoms with van der Waals surface area (Å²) in [6.07, 6.45) is 0. The number of rotatable bonds is 7. The van der Waals surface area contributed by atoms with Crippen LogP contribution in [0.5, 0.6) is 0 Å². The number of thiophene rings is 1. The monoisotopic (exact) mass is 363 g/mol. The molecule has 0 amide bonds. The molecule has 0 aliphatic rings. The zero-order valence-electron chi connectivity index (χ0n) is 15.7. The van der Waals surface area contributed by atoms with Gasteiger partial charge in [-0.2, -0.15) is 0 Å². The summed E-state index contributed by atoms with van der Waals surface area (Å²) in [7, 11) is 0. The Bertz CT molecular complexity index is 687. The van der Waals surface area contributed by atoms with E-state index in [1.54, 1.807) is 24.3 Å². The van der Waals surface area contributed by atoms with Gasteiger partial charge >= 0.3 is 0 Å². The summed E-state index contributed by atoms with van der Waals surface area (Å²) in [5.74, 6) is 2.02. The molecule has 0 bridgehead atoms. The van der Waals surface area contributed by atoms with Crippen molar-refractivity contribution >= 4 is 17.3 Å². The third-order valence-corrected chi connectivity index (χ3v) is 5.27. The van der Waals surface area contributed by atoms with E-state index in [-0.39, 0.29) is 5.41 Å². The summed E-state index contributed by atoms with van der Waals surface area (Å²) >= 11 is 1.75. The van der Waals surface area contributed by atoms with E-state index >= 15 is 0 Å². The zero-order valence-corrected chi connectivity index (χ0v) is 16.5. The predicted molar refractivity (Wildman–Crippen MR) is 104 cm³/mol. The van der Waals surface area contributed by atoms with Gasteiger partial charge in [0.1, 0.15) is 17.1 Å². The van der Waals surface area contributed by atoms with Gasteiger partial charge in [-0.05, 0) is 44.4 Å². The maximum atomic E-state index is 10.7. The minimum absolute atomic E-state index is 0.0306. The van der Waals surface area contributed by atoms with E-state index in [1.807, 2.05) is 19.9 Å². The van der Waals surface area contributed by atoms with Crippen LogP contribution in [0.25, 0.3) is 0 Å². The van der Waals surface area contributed by atoms with Crippen LogP contribution in [0.4, 0.5) is 0 Å². The highest BCUT2D eigenvalue weighted by Gasteiger charge is 2.27. The molecular weight excluding hydrogens is 334 g/mol. The Labute approximate surface area is 154 Å². The third-order valence-electron chi connectivity index (χ3n) is 4.04. The van der Waals surface area contributed by atoms with Gasteiger partial charge in [0.25, 0.3) is 0 Å². The first kappa shape index (κ1) is 19.5. The van der Waals surface area contributed by atoms with E-state index in [9.17, 15) is 5.11 Å². The van der Waals surface area contributed by atoms with Gasteiger partial charge < -0.3 is 20.2 Å². The van der Waals surface area contributed by atoms with Crippen LogP contribution in [0.1, 0.15) is 44.1 Å². The molecule has 2 aromatic rings. The normalized spacial score (nSPS) is 15.0. The fraction of sp³-hybridized carbons (Fsp3) is 0.526. The Hall–Kier alpha value is -1.79. The Morgan fingerprint density at radius 1 is 1.24 bits per heavy atom. The topological polar surface area (TPSA) is 69.8 Å². The van der Waals surface area contributed by atoms with Gasteiger partial charge in [0.2, 0.25) is 0 Å². The molecule has 0 aliphatic carbocycles. The smallest absolute Gasteiger partial charge is 0.191 e. The van der Waals surface area contributed by atoms with Crippen molar-refractivity contribution in [3.05, 3.63) is 46.0 Å². The summed E-state index contributed by atoms with van der Waals surface area (Å²) < 4.78 is 5.55. The van der Waals surface area contributed by atoms with Gasteiger partial charge in [-0.25, -0.2) is 0 Å². The van der Waals surface area contributed by atoms with Crippen molar-refractivity contribution in [3.63, 3.8) is 0 Å². The molecule has 0 saturated heterocycles. The van der Waals surface area contributed by atoms with Crippen LogP contribution in [-0.2, 0) is 11.0 Å². The lowest BCUT2D eigenvalue weighted by atomic mass is 9.92. The summed E-state index contributed by atoms with van der Waals surface area (Å²) in [6, 6.07) is 7.87. The van der Waals surface area contributed by atoms with Crippen molar-refractivity contribution < 1.29 is 9.52 Å². The van der Waals surface area contributed by atoms with Gasteiger partial charge in [-0.3, -0.25) is 4.99 Å². The maximum absolute atomic E-state index is 10.7. The first-order valence-electron chi connectivity index (χ1n) is 8.60. The third kappa shape index (κ3) is 5.34. The van der Waals surface area contributed by atoms with E-state index in [0.717, 1.165) is 12.3 Å². The number of aryl methyl sites for hydroxylation is 1. The summed E-state index contributed by atoms with van der Waals surface area (Å²) in [5.41, 5.74) is -1.13. The van der Waals surface area contributed by atoms with Gasteiger partial charge in [-0.1, -0.05) is 19.9 Å². The molecule has 1 atom stereocenters. The summed E-state index contributed by atoms with van der Waals surface area (Å²) in [6.45, 7) is 11.7. The molecule has 1 unspecified atom stereocenters. The Morgan fingerprint density at radius 3 is 2.56 bits per heavy atom. The highest BCUT2D eigenvalue weighted by molar-refractivity contribution is 7.10. The first-order valence-corrected chi connectivity index (χ1v) is 9.48. The number of aliphatic imine (C=N–C) groups is 1. The van der Waals surface area contributed by atoms with E-state index in [1.165, 1.54) is 4.88 Å². The number of nitrogens with zero attached hydrogens (tertiary/aromatic N) is 1. The maximum Gasteiger partial charge on any atom is 0.191 e. The molecule has 2 heterocycles. The molecule has 0 spiro atoms. The van der Waals surface area contributed by atoms with Gasteiger partial charge in [0, 0.05) is 16.8 Å². The van der Waals surface area contributed by atoms with Crippen molar-refractivity contribution in [1.82, 2.24) is 10.6 Å². The molecule has 0 aliphatic heterocycles. The number of hydrogen-bond acceptors (Lipinski definition) is 4. The molecule has 0 radical (unpaired) electrons. The van der Waals surface area contributed by atoms with Crippen molar-refractivity contribution in [2.45, 2.75) is 45.6 Å². The fourth-order valence-corrected chi connectivity index (χ4v) is 3.27. The van der Waals surface area contributed by atoms with Crippen LogP contribution in [0.15, 0.2) is 39.1 Å². The number of guanidine groups is 1. The molecule has 5 nitrogen and oxygen atoms in total. The Morgan fingerprint density at radius 2 is 2.00 bits per heavy atom. The van der Waals surface area contributed by atoms with Crippen LogP contribution in [0, 0.1) is 6.92 Å². The van der Waals surface area contributed by atoms with Crippen LogP contribution in [0.3, 0.4) is 0 Å². The predicted octanol–water partition coefficient (Wildman–Crippen LogP) is 3.39. The highest BCUT2D eigenvalue weighted by atomic mass is 32.1. The van der Waals surface area contributed by atoms with Gasteiger partial charge in [0.15, 0.2) is 5.96 Å². The van der Waals surface area contributed by atoms with Gasteiger partial charge in [0.05, 0.1) is 13.1 Å². The molecule has 138 valence electrons. The van der Waals surface area contributed by atoms with Crippen molar-refractivity contribution in [2.75, 3.05) is 19.6 Å². The highest BCUT2D eigenvalue weighted by Crippen LogP contribution is 2.27. The lowest BCUT2D eigenvalue weighted by Crippen LogP contribution is -2.45. The molecule has 3 N–H and O–H groups in total. The Balaban J connectivity index is 2.02. The van der Waals surface area contributed by atoms with Crippen LogP contribution >= 0.6 is 11.3 Å². The molecule has 6 heteroatoms. The molecule has 0 aromatic carbocycles. The van der Waals surface area contributed by atoms with Crippen molar-refractivity contribution in [3.8, 4) is 0 Å². The van der Waals surface area contributed by atoms with Gasteiger partial charge in [-0.15, -0.1) is 11.3 Å². The number of furan rings is 1. The molecular formula is C19H29N3O2S. The second-order valence-corrected chi connectivity index (χ2v) is 8.04.